The minimum absolute atomic E-state index is 0.443. The van der Waals surface area contributed by atoms with Gasteiger partial charge in [-0.05, 0) is 27.6 Å². The molecule has 92 valence electrons. The highest BCUT2D eigenvalue weighted by Gasteiger charge is 2.05. The molecule has 0 saturated heterocycles. The summed E-state index contributed by atoms with van der Waals surface area (Å²) in [5.41, 5.74) is 0.948. The molecule has 0 aromatic carbocycles. The highest BCUT2D eigenvalue weighted by molar-refractivity contribution is 9.10. The van der Waals surface area contributed by atoms with Crippen LogP contribution in [-0.2, 0) is 6.54 Å². The van der Waals surface area contributed by atoms with Crippen LogP contribution in [0.5, 0.6) is 0 Å². The Morgan fingerprint density at radius 2 is 2.35 bits per heavy atom. The van der Waals surface area contributed by atoms with Gasteiger partial charge in [0.2, 0.25) is 0 Å². The largest absolute Gasteiger partial charge is 0.362 e. The van der Waals surface area contributed by atoms with E-state index in [2.05, 4.69) is 26.2 Å². The van der Waals surface area contributed by atoms with Crippen molar-refractivity contribution in [1.29, 1.82) is 0 Å². The number of rotatable bonds is 5. The van der Waals surface area contributed by atoms with Crippen LogP contribution in [0.25, 0.3) is 0 Å². The molecule has 0 saturated carbocycles. The zero-order valence-corrected chi connectivity index (χ0v) is 11.1. The Morgan fingerprint density at radius 1 is 1.65 bits per heavy atom. The zero-order valence-electron chi connectivity index (χ0n) is 9.55. The summed E-state index contributed by atoms with van der Waals surface area (Å²) in [6, 6.07) is 3.72. The molecular formula is C10H13BrN4O2. The molecule has 7 heteroatoms. The summed E-state index contributed by atoms with van der Waals surface area (Å²) in [5.74, 6) is 0.443. The van der Waals surface area contributed by atoms with Gasteiger partial charge in [-0.3, -0.25) is 10.1 Å². The molecule has 0 radical (unpaired) electrons. The molecule has 1 aromatic rings. The quantitative estimate of drug-likeness (QED) is 0.508. The fraction of sp³-hybridized carbons (Fsp3) is 0.300. The van der Waals surface area contributed by atoms with E-state index < -0.39 is 4.92 Å². The van der Waals surface area contributed by atoms with Gasteiger partial charge < -0.3 is 10.2 Å². The summed E-state index contributed by atoms with van der Waals surface area (Å²) >= 11 is 3.24. The maximum Gasteiger partial charge on any atom is 0.274 e. The first-order valence-corrected chi connectivity index (χ1v) is 5.65. The van der Waals surface area contributed by atoms with E-state index in [9.17, 15) is 10.1 Å². The second kappa shape index (κ2) is 6.19. The normalized spacial score (nSPS) is 11.1. The van der Waals surface area contributed by atoms with Crippen molar-refractivity contribution in [3.05, 3.63) is 50.6 Å². The lowest BCUT2D eigenvalue weighted by Gasteiger charge is -2.16. The Bertz CT molecular complexity index is 417. The number of nitro groups is 1. The van der Waals surface area contributed by atoms with E-state index >= 15 is 0 Å². The first-order chi connectivity index (χ1) is 7.99. The van der Waals surface area contributed by atoms with Gasteiger partial charge in [0.05, 0.1) is 4.92 Å². The van der Waals surface area contributed by atoms with E-state index in [0.29, 0.717) is 12.4 Å². The standard InChI is InChI=1S/C10H13BrN4O2/c1-14(2)10(7-15(16)17)13-6-8-3-4-9(11)12-5-8/h3-5,7,13H,6H2,1-2H3. The number of hydrogen-bond acceptors (Lipinski definition) is 5. The van der Waals surface area contributed by atoms with Crippen LogP contribution in [0.4, 0.5) is 0 Å². The third kappa shape index (κ3) is 4.81. The van der Waals surface area contributed by atoms with Crippen molar-refractivity contribution in [2.45, 2.75) is 6.54 Å². The average molecular weight is 301 g/mol. The molecule has 0 spiro atoms. The summed E-state index contributed by atoms with van der Waals surface area (Å²) in [5, 5.41) is 13.4. The molecule has 17 heavy (non-hydrogen) atoms. The van der Waals surface area contributed by atoms with Crippen LogP contribution < -0.4 is 5.32 Å². The highest BCUT2D eigenvalue weighted by atomic mass is 79.9. The van der Waals surface area contributed by atoms with Crippen LogP contribution in [0.3, 0.4) is 0 Å². The number of hydrogen-bond donors (Lipinski definition) is 1. The molecule has 0 amide bonds. The Balaban J connectivity index is 2.64. The predicted molar refractivity (Wildman–Crippen MR) is 67.5 cm³/mol. The fourth-order valence-corrected chi connectivity index (χ4v) is 1.36. The van der Waals surface area contributed by atoms with Crippen molar-refractivity contribution in [2.75, 3.05) is 14.1 Å². The van der Waals surface area contributed by atoms with E-state index in [0.717, 1.165) is 16.4 Å². The van der Waals surface area contributed by atoms with Crippen molar-refractivity contribution in [2.24, 2.45) is 0 Å². The maximum absolute atomic E-state index is 10.4. The summed E-state index contributed by atoms with van der Waals surface area (Å²) in [6.45, 7) is 0.484. The Morgan fingerprint density at radius 3 is 2.82 bits per heavy atom. The molecule has 0 unspecified atom stereocenters. The summed E-state index contributed by atoms with van der Waals surface area (Å²) in [4.78, 5) is 15.7. The molecule has 0 aliphatic carbocycles. The summed E-state index contributed by atoms with van der Waals surface area (Å²) in [6.07, 6.45) is 2.64. The van der Waals surface area contributed by atoms with Crippen molar-refractivity contribution >= 4 is 15.9 Å². The lowest BCUT2D eigenvalue weighted by Crippen LogP contribution is -2.26. The van der Waals surface area contributed by atoms with Crippen LogP contribution in [0.1, 0.15) is 5.56 Å². The van der Waals surface area contributed by atoms with Crippen LogP contribution in [0.2, 0.25) is 0 Å². The van der Waals surface area contributed by atoms with Gasteiger partial charge in [-0.2, -0.15) is 0 Å². The van der Waals surface area contributed by atoms with Gasteiger partial charge in [0, 0.05) is 26.8 Å². The molecule has 0 aliphatic heterocycles. The second-order valence-electron chi connectivity index (χ2n) is 3.54. The fourth-order valence-electron chi connectivity index (χ4n) is 1.12. The molecule has 0 atom stereocenters. The van der Waals surface area contributed by atoms with Crippen LogP contribution >= 0.6 is 15.9 Å². The van der Waals surface area contributed by atoms with Crippen molar-refractivity contribution in [3.63, 3.8) is 0 Å². The minimum Gasteiger partial charge on any atom is -0.362 e. The molecule has 6 nitrogen and oxygen atoms in total. The van der Waals surface area contributed by atoms with Gasteiger partial charge in [-0.1, -0.05) is 6.07 Å². The van der Waals surface area contributed by atoms with Crippen LogP contribution in [-0.4, -0.2) is 28.9 Å². The van der Waals surface area contributed by atoms with E-state index in [1.165, 1.54) is 0 Å². The molecule has 1 aromatic heterocycles. The molecule has 1 N–H and O–H groups in total. The molecule has 1 rings (SSSR count). The first kappa shape index (κ1) is 13.4. The SMILES string of the molecule is CN(C)C(=C[N+](=O)[O-])NCc1ccc(Br)nc1. The third-order valence-electron chi connectivity index (χ3n) is 1.97. The van der Waals surface area contributed by atoms with E-state index in [1.54, 1.807) is 25.2 Å². The molecule has 0 bridgehead atoms. The topological polar surface area (TPSA) is 71.3 Å². The Kier molecular flexibility index (Phi) is 4.89. The minimum atomic E-state index is -0.484. The van der Waals surface area contributed by atoms with Gasteiger partial charge in [-0.15, -0.1) is 0 Å². The zero-order chi connectivity index (χ0) is 12.8. The molecule has 1 heterocycles. The highest BCUT2D eigenvalue weighted by Crippen LogP contribution is 2.06. The Labute approximate surface area is 108 Å². The van der Waals surface area contributed by atoms with Crippen LogP contribution in [0, 0.1) is 10.1 Å². The number of nitrogens with one attached hydrogen (secondary N) is 1. The summed E-state index contributed by atoms with van der Waals surface area (Å²) in [7, 11) is 3.48. The Hall–Kier alpha value is -1.63. The summed E-state index contributed by atoms with van der Waals surface area (Å²) < 4.78 is 0.759. The van der Waals surface area contributed by atoms with Crippen molar-refractivity contribution in [3.8, 4) is 0 Å². The van der Waals surface area contributed by atoms with E-state index in [4.69, 9.17) is 0 Å². The van der Waals surface area contributed by atoms with Gasteiger partial charge in [-0.25, -0.2) is 4.98 Å². The van der Waals surface area contributed by atoms with Crippen LogP contribution in [0.15, 0.2) is 35.0 Å². The van der Waals surface area contributed by atoms with Crippen molar-refractivity contribution < 1.29 is 4.92 Å². The molecular weight excluding hydrogens is 288 g/mol. The maximum atomic E-state index is 10.4. The monoisotopic (exact) mass is 300 g/mol. The molecule has 0 fully saturated rings. The second-order valence-corrected chi connectivity index (χ2v) is 4.35. The van der Waals surface area contributed by atoms with Gasteiger partial charge >= 0.3 is 0 Å². The van der Waals surface area contributed by atoms with E-state index in [-0.39, 0.29) is 0 Å². The first-order valence-electron chi connectivity index (χ1n) is 4.86. The van der Waals surface area contributed by atoms with Gasteiger partial charge in [0.15, 0.2) is 5.82 Å². The average Bonchev–Trinajstić information content (AvgIpc) is 2.25. The predicted octanol–water partition coefficient (Wildman–Crippen LogP) is 1.57. The lowest BCUT2D eigenvalue weighted by atomic mass is 10.3. The smallest absolute Gasteiger partial charge is 0.274 e. The number of pyridine rings is 1. The third-order valence-corrected chi connectivity index (χ3v) is 2.44. The lowest BCUT2D eigenvalue weighted by molar-refractivity contribution is -0.404. The van der Waals surface area contributed by atoms with Crippen molar-refractivity contribution in [1.82, 2.24) is 15.2 Å². The number of aromatic nitrogens is 1. The van der Waals surface area contributed by atoms with Gasteiger partial charge in [0.25, 0.3) is 6.20 Å². The van der Waals surface area contributed by atoms with E-state index in [1.807, 2.05) is 12.1 Å². The number of nitrogens with zero attached hydrogens (tertiary/aromatic N) is 3. The number of halogens is 1. The molecule has 0 aliphatic rings. The van der Waals surface area contributed by atoms with Gasteiger partial charge in [0.1, 0.15) is 4.60 Å².